The molecule has 4 rings (SSSR count). The number of imidazole rings is 1. The Balaban J connectivity index is 0.00000306. The number of aromatic nitrogens is 2. The quantitative estimate of drug-likeness (QED) is 0.450. The first kappa shape index (κ1) is 24.5. The van der Waals surface area contributed by atoms with E-state index < -0.39 is 5.82 Å². The standard InChI is InChI=1S/C22H25FN6O3.Pt/c1-4-17-20(28-9-7-15(31-2)12-19(28)26-17)21(30)25-13-14-5-6-18(16(23)11-14)29-10-8-24-22(27-29)32-3;/h5-7,9,11-12H,4,8,10,13H2,1-3H3,(H2,24,25,27,30);/p-1. The predicted octanol–water partition coefficient (Wildman–Crippen LogP) is 3.08. The van der Waals surface area contributed by atoms with Crippen LogP contribution in [0.3, 0.4) is 0 Å². The van der Waals surface area contributed by atoms with Crippen LogP contribution in [0.4, 0.5) is 10.1 Å². The van der Waals surface area contributed by atoms with Crippen LogP contribution in [0.5, 0.6) is 5.75 Å². The first-order valence-electron chi connectivity index (χ1n) is 10.2. The molecule has 11 heteroatoms. The van der Waals surface area contributed by atoms with Gasteiger partial charge in [0.15, 0.2) is 0 Å². The molecule has 0 saturated carbocycles. The average Bonchev–Trinajstić information content (AvgIpc) is 3.20. The summed E-state index contributed by atoms with van der Waals surface area (Å²) in [5.74, 6) is -0.0537. The number of aryl methyl sites for hydroxylation is 1. The Morgan fingerprint density at radius 2 is 2.06 bits per heavy atom. The van der Waals surface area contributed by atoms with Crippen molar-refractivity contribution in [3.05, 3.63) is 64.6 Å². The summed E-state index contributed by atoms with van der Waals surface area (Å²) in [6.07, 6.45) is 2.35. The number of amides is 1. The second kappa shape index (κ2) is 10.7. The Bertz CT molecular complexity index is 1180. The van der Waals surface area contributed by atoms with Crippen LogP contribution in [0, 0.1) is 5.82 Å². The van der Waals surface area contributed by atoms with E-state index in [0.717, 1.165) is 0 Å². The summed E-state index contributed by atoms with van der Waals surface area (Å²) in [4.78, 5) is 17.5. The SMILES string of the molecule is CCc1nc2cc(OC)ccn2c1C(=O)NCc1ccc(N2CC[N-]C(OC)=N2)c(F)c1.[Pt]. The van der Waals surface area contributed by atoms with Crippen LogP contribution < -0.4 is 15.1 Å². The molecule has 33 heavy (non-hydrogen) atoms. The largest absolute Gasteiger partial charge is 0.503 e. The van der Waals surface area contributed by atoms with Crippen LogP contribution in [0.15, 0.2) is 41.6 Å². The molecule has 1 aromatic carbocycles. The average molecular weight is 635 g/mol. The zero-order valence-corrected chi connectivity index (χ0v) is 20.7. The molecule has 1 amide bonds. The molecule has 0 atom stereocenters. The number of fused-ring (bicyclic) bond motifs is 1. The molecule has 0 bridgehead atoms. The second-order valence-corrected chi connectivity index (χ2v) is 7.12. The van der Waals surface area contributed by atoms with E-state index in [1.807, 2.05) is 6.92 Å². The number of carbonyl (C=O) groups excluding carboxylic acids is 1. The van der Waals surface area contributed by atoms with Crippen molar-refractivity contribution in [2.24, 2.45) is 5.10 Å². The third kappa shape index (κ3) is 5.11. The van der Waals surface area contributed by atoms with Crippen molar-refractivity contribution in [3.63, 3.8) is 0 Å². The second-order valence-electron chi connectivity index (χ2n) is 7.12. The van der Waals surface area contributed by atoms with Gasteiger partial charge < -0.3 is 30.2 Å². The van der Waals surface area contributed by atoms with Crippen LogP contribution in [0.2, 0.25) is 0 Å². The monoisotopic (exact) mass is 634 g/mol. The maximum absolute atomic E-state index is 14.7. The van der Waals surface area contributed by atoms with Crippen LogP contribution in [-0.2, 0) is 38.8 Å². The molecule has 0 spiro atoms. The Morgan fingerprint density at radius 3 is 2.76 bits per heavy atom. The van der Waals surface area contributed by atoms with Crippen molar-refractivity contribution in [3.8, 4) is 5.75 Å². The van der Waals surface area contributed by atoms with Crippen molar-refractivity contribution >= 4 is 23.3 Å². The number of benzene rings is 1. The maximum Gasteiger partial charge on any atom is 0.270 e. The first-order chi connectivity index (χ1) is 15.5. The van der Waals surface area contributed by atoms with E-state index in [2.05, 4.69) is 20.7 Å². The topological polar surface area (TPSA) is 94.6 Å². The van der Waals surface area contributed by atoms with Gasteiger partial charge in [0, 0.05) is 46.4 Å². The number of hydrogen-bond acceptors (Lipinski definition) is 6. The van der Waals surface area contributed by atoms with Gasteiger partial charge >= 0.3 is 0 Å². The minimum Gasteiger partial charge on any atom is -0.503 e. The van der Waals surface area contributed by atoms with E-state index in [9.17, 15) is 9.18 Å². The summed E-state index contributed by atoms with van der Waals surface area (Å²) in [6, 6.07) is 8.54. The molecule has 0 saturated heterocycles. The summed E-state index contributed by atoms with van der Waals surface area (Å²) in [6.45, 7) is 3.04. The molecule has 1 N–H and O–H groups in total. The molecule has 0 aliphatic carbocycles. The summed E-state index contributed by atoms with van der Waals surface area (Å²) in [7, 11) is 3.05. The van der Waals surface area contributed by atoms with Gasteiger partial charge in [-0.25, -0.2) is 9.37 Å². The van der Waals surface area contributed by atoms with E-state index in [0.29, 0.717) is 53.5 Å². The first-order valence-corrected chi connectivity index (χ1v) is 10.2. The smallest absolute Gasteiger partial charge is 0.270 e. The van der Waals surface area contributed by atoms with Gasteiger partial charge in [-0.05, 0) is 36.7 Å². The van der Waals surface area contributed by atoms with E-state index >= 15 is 0 Å². The Morgan fingerprint density at radius 1 is 1.24 bits per heavy atom. The number of nitrogens with one attached hydrogen (secondary N) is 1. The summed E-state index contributed by atoms with van der Waals surface area (Å²) < 4.78 is 26.7. The van der Waals surface area contributed by atoms with Crippen molar-refractivity contribution < 1.29 is 39.7 Å². The van der Waals surface area contributed by atoms with Gasteiger partial charge in [-0.1, -0.05) is 13.0 Å². The number of amidine groups is 1. The van der Waals surface area contributed by atoms with Gasteiger partial charge in [0.1, 0.15) is 28.9 Å². The van der Waals surface area contributed by atoms with E-state index in [4.69, 9.17) is 9.47 Å². The summed E-state index contributed by atoms with van der Waals surface area (Å²) in [5.41, 5.74) is 2.73. The molecule has 9 nitrogen and oxygen atoms in total. The number of rotatable bonds is 6. The van der Waals surface area contributed by atoms with Gasteiger partial charge in [0.2, 0.25) is 0 Å². The molecule has 0 unspecified atom stereocenters. The minimum absolute atomic E-state index is 0. The molecular formula is C22H24FN6O3Pt-. The van der Waals surface area contributed by atoms with Crippen LogP contribution in [0.25, 0.3) is 11.0 Å². The number of ether oxygens (including phenoxy) is 2. The summed E-state index contributed by atoms with van der Waals surface area (Å²) >= 11 is 0. The van der Waals surface area contributed by atoms with E-state index in [1.54, 1.807) is 42.0 Å². The van der Waals surface area contributed by atoms with Gasteiger partial charge in [0.05, 0.1) is 25.6 Å². The molecule has 178 valence electrons. The van der Waals surface area contributed by atoms with Gasteiger partial charge in [-0.2, -0.15) is 0 Å². The van der Waals surface area contributed by atoms with Gasteiger partial charge in [0.25, 0.3) is 5.91 Å². The summed E-state index contributed by atoms with van der Waals surface area (Å²) in [5, 5.41) is 12.6. The molecular weight excluding hydrogens is 610 g/mol. The van der Waals surface area contributed by atoms with Crippen molar-refractivity contribution in [2.45, 2.75) is 19.9 Å². The van der Waals surface area contributed by atoms with E-state index in [1.165, 1.54) is 18.2 Å². The predicted molar refractivity (Wildman–Crippen MR) is 119 cm³/mol. The fourth-order valence-electron chi connectivity index (χ4n) is 3.53. The minimum atomic E-state index is -0.436. The van der Waals surface area contributed by atoms with Crippen molar-refractivity contribution in [1.29, 1.82) is 0 Å². The number of halogens is 1. The number of nitrogens with zero attached hydrogens (tertiary/aromatic N) is 5. The number of anilines is 1. The van der Waals surface area contributed by atoms with Crippen molar-refractivity contribution in [1.82, 2.24) is 14.7 Å². The number of methoxy groups -OCH3 is 2. The number of carbonyl (C=O) groups is 1. The van der Waals surface area contributed by atoms with Gasteiger partial charge in [-0.15, -0.1) is 0 Å². The molecule has 3 heterocycles. The Hall–Kier alpha value is -3.13. The molecule has 0 fully saturated rings. The zero-order chi connectivity index (χ0) is 22.7. The normalized spacial score (nSPS) is 13.1. The van der Waals surface area contributed by atoms with E-state index in [-0.39, 0.29) is 39.5 Å². The number of hydrazone groups is 1. The van der Waals surface area contributed by atoms with Crippen LogP contribution in [0.1, 0.15) is 28.7 Å². The van der Waals surface area contributed by atoms with Crippen molar-refractivity contribution in [2.75, 3.05) is 32.3 Å². The third-order valence-corrected chi connectivity index (χ3v) is 5.15. The number of hydrogen-bond donors (Lipinski definition) is 1. The molecule has 1 aliphatic heterocycles. The fourth-order valence-corrected chi connectivity index (χ4v) is 3.53. The van der Waals surface area contributed by atoms with Crippen LogP contribution in [-0.4, -0.2) is 48.6 Å². The Kier molecular flexibility index (Phi) is 7.91. The third-order valence-electron chi connectivity index (χ3n) is 5.15. The number of pyridine rings is 1. The zero-order valence-electron chi connectivity index (χ0n) is 18.4. The maximum atomic E-state index is 14.7. The van der Waals surface area contributed by atoms with Crippen LogP contribution >= 0.6 is 0 Å². The molecule has 1 aliphatic rings. The molecule has 3 aromatic rings. The molecule has 2 aromatic heterocycles. The van der Waals surface area contributed by atoms with Gasteiger partial charge in [-0.3, -0.25) is 9.20 Å². The Labute approximate surface area is 205 Å². The molecule has 0 radical (unpaired) electrons. The fraction of sp³-hybridized carbons (Fsp3) is 0.318.